The summed E-state index contributed by atoms with van der Waals surface area (Å²) in [6.45, 7) is 4.06. The summed E-state index contributed by atoms with van der Waals surface area (Å²) in [6, 6.07) is 5.47. The predicted octanol–water partition coefficient (Wildman–Crippen LogP) is 0.877. The molecule has 9 heteroatoms. The zero-order valence-corrected chi connectivity index (χ0v) is 12.4. The molecule has 1 rings (SSSR count). The highest BCUT2D eigenvalue weighted by Gasteiger charge is 2.15. The topological polar surface area (TPSA) is 106 Å². The number of hydrazine groups is 1. The van der Waals surface area contributed by atoms with E-state index in [-0.39, 0.29) is 5.69 Å². The first-order chi connectivity index (χ1) is 9.93. The minimum atomic E-state index is -0.789. The molecule has 0 aliphatic heterocycles. The molecule has 21 heavy (non-hydrogen) atoms. The fourth-order valence-corrected chi connectivity index (χ4v) is 1.52. The number of thiocarbonyl (C=S) groups is 1. The lowest BCUT2D eigenvalue weighted by atomic mass is 10.3. The largest absolute Gasteiger partial charge is 0.481 e. The van der Waals surface area contributed by atoms with E-state index in [1.807, 2.05) is 6.92 Å². The van der Waals surface area contributed by atoms with E-state index in [0.29, 0.717) is 17.4 Å². The van der Waals surface area contributed by atoms with E-state index in [2.05, 4.69) is 16.2 Å². The summed E-state index contributed by atoms with van der Waals surface area (Å²) in [4.78, 5) is 21.7. The van der Waals surface area contributed by atoms with Gasteiger partial charge < -0.3 is 10.1 Å². The molecular weight excluding hydrogens is 296 g/mol. The Labute approximate surface area is 127 Å². The number of carbonyl (C=O) groups excluding carboxylic acids is 1. The first-order valence-corrected chi connectivity index (χ1v) is 6.59. The third kappa shape index (κ3) is 5.61. The lowest BCUT2D eigenvalue weighted by Gasteiger charge is -2.16. The minimum Gasteiger partial charge on any atom is -0.481 e. The monoisotopic (exact) mass is 312 g/mol. The average Bonchev–Trinajstić information content (AvgIpc) is 2.45. The van der Waals surface area contributed by atoms with E-state index in [4.69, 9.17) is 17.0 Å². The molecule has 1 aromatic rings. The Morgan fingerprint density at radius 1 is 1.38 bits per heavy atom. The van der Waals surface area contributed by atoms with E-state index < -0.39 is 16.9 Å². The fourth-order valence-electron chi connectivity index (χ4n) is 1.33. The van der Waals surface area contributed by atoms with Crippen molar-refractivity contribution < 1.29 is 14.5 Å². The third-order valence-corrected chi connectivity index (χ3v) is 2.61. The van der Waals surface area contributed by atoms with Crippen molar-refractivity contribution in [2.75, 3.05) is 6.54 Å². The number of benzene rings is 1. The van der Waals surface area contributed by atoms with Gasteiger partial charge in [-0.2, -0.15) is 0 Å². The zero-order chi connectivity index (χ0) is 15.8. The maximum Gasteiger partial charge on any atom is 0.279 e. The number of nitro groups is 1. The van der Waals surface area contributed by atoms with Crippen LogP contribution in [0, 0.1) is 10.1 Å². The molecule has 3 N–H and O–H groups in total. The highest BCUT2D eigenvalue weighted by atomic mass is 32.1. The van der Waals surface area contributed by atoms with E-state index in [9.17, 15) is 14.9 Å². The number of nitrogens with zero attached hydrogens (tertiary/aromatic N) is 1. The summed E-state index contributed by atoms with van der Waals surface area (Å²) >= 11 is 4.88. The highest BCUT2D eigenvalue weighted by Crippen LogP contribution is 2.18. The molecule has 8 nitrogen and oxygen atoms in total. The number of carbonyl (C=O) groups is 1. The van der Waals surface area contributed by atoms with Gasteiger partial charge in [0.05, 0.1) is 4.92 Å². The number of amides is 1. The Bertz CT molecular complexity index is 520. The molecule has 0 radical (unpaired) electrons. The second-order valence-electron chi connectivity index (χ2n) is 3.98. The van der Waals surface area contributed by atoms with Gasteiger partial charge in [0.25, 0.3) is 11.6 Å². The number of hydrogen-bond acceptors (Lipinski definition) is 5. The van der Waals surface area contributed by atoms with E-state index in [0.717, 1.165) is 0 Å². The van der Waals surface area contributed by atoms with Gasteiger partial charge in [0.15, 0.2) is 11.2 Å². The van der Waals surface area contributed by atoms with Crippen LogP contribution in [0.2, 0.25) is 0 Å². The number of nitrogens with one attached hydrogen (secondary N) is 3. The molecule has 0 aliphatic rings. The molecule has 0 aliphatic carbocycles. The molecule has 0 saturated heterocycles. The summed E-state index contributed by atoms with van der Waals surface area (Å²) in [5, 5.41) is 13.6. The van der Waals surface area contributed by atoms with Gasteiger partial charge in [0.2, 0.25) is 0 Å². The molecule has 0 fully saturated rings. The lowest BCUT2D eigenvalue weighted by Crippen LogP contribution is -2.50. The molecule has 1 aromatic carbocycles. The minimum absolute atomic E-state index is 0.0443. The second kappa shape index (κ2) is 8.00. The van der Waals surface area contributed by atoms with Crippen molar-refractivity contribution in [1.29, 1.82) is 0 Å². The third-order valence-electron chi connectivity index (χ3n) is 2.37. The predicted molar refractivity (Wildman–Crippen MR) is 80.7 cm³/mol. The van der Waals surface area contributed by atoms with Gasteiger partial charge in [0, 0.05) is 18.7 Å². The van der Waals surface area contributed by atoms with Gasteiger partial charge in [0.1, 0.15) is 5.75 Å². The van der Waals surface area contributed by atoms with E-state index in [1.165, 1.54) is 24.3 Å². The Balaban J connectivity index is 2.48. The molecule has 0 saturated carbocycles. The van der Waals surface area contributed by atoms with Crippen molar-refractivity contribution in [3.05, 3.63) is 34.4 Å². The van der Waals surface area contributed by atoms with Crippen molar-refractivity contribution in [2.24, 2.45) is 0 Å². The normalized spacial score (nSPS) is 11.1. The Morgan fingerprint density at radius 2 is 2.00 bits per heavy atom. The molecule has 0 bridgehead atoms. The van der Waals surface area contributed by atoms with Crippen molar-refractivity contribution in [1.82, 2.24) is 16.2 Å². The molecule has 114 valence electrons. The molecule has 0 heterocycles. The smallest absolute Gasteiger partial charge is 0.279 e. The van der Waals surface area contributed by atoms with Crippen molar-refractivity contribution in [3.63, 3.8) is 0 Å². The van der Waals surface area contributed by atoms with Crippen LogP contribution >= 0.6 is 12.2 Å². The maximum absolute atomic E-state index is 11.7. The van der Waals surface area contributed by atoms with Gasteiger partial charge in [-0.25, -0.2) is 0 Å². The van der Waals surface area contributed by atoms with Crippen molar-refractivity contribution in [3.8, 4) is 5.75 Å². The average molecular weight is 312 g/mol. The molecule has 1 atom stereocenters. The van der Waals surface area contributed by atoms with Crippen LogP contribution in [0.5, 0.6) is 5.75 Å². The standard InChI is InChI=1S/C12H16N4O4S/c1-3-13-12(21)15-14-11(17)8(2)20-10-6-4-9(5-7-10)16(18)19/h4-8H,3H2,1-2H3,(H,14,17)(H2,13,15,21)/t8-/m1/s1. The number of hydrogen-bond donors (Lipinski definition) is 3. The zero-order valence-electron chi connectivity index (χ0n) is 11.6. The molecule has 1 amide bonds. The van der Waals surface area contributed by atoms with Crippen LogP contribution in [-0.2, 0) is 4.79 Å². The van der Waals surface area contributed by atoms with E-state index in [1.54, 1.807) is 6.92 Å². The first kappa shape index (κ1) is 16.6. The molecule has 0 unspecified atom stereocenters. The summed E-state index contributed by atoms with van der Waals surface area (Å²) in [7, 11) is 0. The number of rotatable bonds is 5. The summed E-state index contributed by atoms with van der Waals surface area (Å²) in [5.41, 5.74) is 4.87. The van der Waals surface area contributed by atoms with Crippen LogP contribution < -0.4 is 20.9 Å². The van der Waals surface area contributed by atoms with Gasteiger partial charge in [-0.15, -0.1) is 0 Å². The van der Waals surface area contributed by atoms with Gasteiger partial charge in [-0.3, -0.25) is 25.8 Å². The van der Waals surface area contributed by atoms with Crippen LogP contribution in [0.25, 0.3) is 0 Å². The fraction of sp³-hybridized carbons (Fsp3) is 0.333. The van der Waals surface area contributed by atoms with Gasteiger partial charge in [-0.1, -0.05) is 0 Å². The maximum atomic E-state index is 11.7. The lowest BCUT2D eigenvalue weighted by molar-refractivity contribution is -0.384. The Morgan fingerprint density at radius 3 is 2.52 bits per heavy atom. The Kier molecular flexibility index (Phi) is 6.34. The van der Waals surface area contributed by atoms with Crippen LogP contribution in [-0.4, -0.2) is 28.6 Å². The molecule has 0 spiro atoms. The molecule has 0 aromatic heterocycles. The quantitative estimate of drug-likeness (QED) is 0.421. The number of ether oxygens (including phenoxy) is 1. The summed E-state index contributed by atoms with van der Waals surface area (Å²) < 4.78 is 5.36. The number of nitro benzene ring substituents is 1. The van der Waals surface area contributed by atoms with Crippen molar-refractivity contribution >= 4 is 28.9 Å². The van der Waals surface area contributed by atoms with Gasteiger partial charge >= 0.3 is 0 Å². The van der Waals surface area contributed by atoms with Crippen LogP contribution in [0.3, 0.4) is 0 Å². The second-order valence-corrected chi connectivity index (χ2v) is 4.39. The highest BCUT2D eigenvalue weighted by molar-refractivity contribution is 7.80. The van der Waals surface area contributed by atoms with Gasteiger partial charge in [-0.05, 0) is 38.2 Å². The Hall–Kier alpha value is -2.42. The summed E-state index contributed by atoms with van der Waals surface area (Å²) in [5.74, 6) is -0.0638. The van der Waals surface area contributed by atoms with Crippen LogP contribution in [0.4, 0.5) is 5.69 Å². The SMILES string of the molecule is CCNC(=S)NNC(=O)[C@@H](C)Oc1ccc([N+](=O)[O-])cc1. The van der Waals surface area contributed by atoms with Crippen LogP contribution in [0.1, 0.15) is 13.8 Å². The summed E-state index contributed by atoms with van der Waals surface area (Å²) in [6.07, 6.45) is -0.789. The van der Waals surface area contributed by atoms with E-state index >= 15 is 0 Å². The number of non-ortho nitro benzene ring substituents is 1. The van der Waals surface area contributed by atoms with Crippen molar-refractivity contribution in [2.45, 2.75) is 20.0 Å². The molecular formula is C12H16N4O4S. The van der Waals surface area contributed by atoms with Crippen LogP contribution in [0.15, 0.2) is 24.3 Å². The first-order valence-electron chi connectivity index (χ1n) is 6.18.